The molecule has 11 atom stereocenters. The van der Waals surface area contributed by atoms with Gasteiger partial charge in [-0.05, 0) is 195 Å². The summed E-state index contributed by atoms with van der Waals surface area (Å²) >= 11 is 0. The second-order valence-electron chi connectivity index (χ2n) is 27.3. The number of hydrogen-bond acceptors (Lipinski definition) is 13. The number of aromatic nitrogens is 1. The van der Waals surface area contributed by atoms with E-state index in [1.54, 1.807) is 33.9 Å². The maximum absolute atomic E-state index is 14.5. The molecular formula is C72H116N7O10S+. The molecule has 90 heavy (non-hydrogen) atoms. The lowest BCUT2D eigenvalue weighted by molar-refractivity contribution is -0.699. The molecule has 2 amide bonds. The summed E-state index contributed by atoms with van der Waals surface area (Å²) in [6.45, 7) is 25.5. The number of pyridine rings is 1. The minimum atomic E-state index is -4.64. The summed E-state index contributed by atoms with van der Waals surface area (Å²) in [6, 6.07) is 9.00. The van der Waals surface area contributed by atoms with Crippen LogP contribution in [-0.2, 0) is 40.5 Å². The summed E-state index contributed by atoms with van der Waals surface area (Å²) < 4.78 is 63.7. The molecule has 7 N–H and O–H groups in total. The lowest BCUT2D eigenvalue weighted by Crippen LogP contribution is -2.63. The van der Waals surface area contributed by atoms with E-state index >= 15 is 0 Å². The summed E-state index contributed by atoms with van der Waals surface area (Å²) in [4.78, 5) is 47.1. The molecule has 1 aromatic carbocycles. The van der Waals surface area contributed by atoms with E-state index < -0.39 is 15.7 Å². The maximum atomic E-state index is 14.5. The average molecular weight is 1270 g/mol. The van der Waals surface area contributed by atoms with E-state index in [0.717, 1.165) is 121 Å². The molecule has 0 spiro atoms. The number of aryl methyl sites for hydroxylation is 1. The molecule has 6 unspecified atom stereocenters. The number of carbonyl (C=O) groups is 2. The van der Waals surface area contributed by atoms with Crippen molar-refractivity contribution in [1.29, 1.82) is 0 Å². The van der Waals surface area contributed by atoms with Gasteiger partial charge < -0.3 is 50.5 Å². The second-order valence-corrected chi connectivity index (χ2v) is 28.7. The highest BCUT2D eigenvalue weighted by Crippen LogP contribution is 2.69. The van der Waals surface area contributed by atoms with Crippen molar-refractivity contribution in [1.82, 2.24) is 9.80 Å². The zero-order valence-electron chi connectivity index (χ0n) is 56.0. The third kappa shape index (κ3) is 18.9. The summed E-state index contributed by atoms with van der Waals surface area (Å²) in [5.41, 5.74) is 19.5. The predicted molar refractivity (Wildman–Crippen MR) is 361 cm³/mol. The third-order valence-electron chi connectivity index (χ3n) is 21.7. The predicted octanol–water partition coefficient (Wildman–Crippen LogP) is 11.6. The van der Waals surface area contributed by atoms with Crippen LogP contribution in [0.1, 0.15) is 194 Å². The number of ether oxygens (including phenoxy) is 3. The molecule has 4 aliphatic carbocycles. The van der Waals surface area contributed by atoms with Crippen LogP contribution in [0.3, 0.4) is 0 Å². The number of nitrogens with zero attached hydrogens (tertiary/aromatic N) is 4. The molecule has 7 rings (SSSR count). The Morgan fingerprint density at radius 2 is 1.48 bits per heavy atom. The number of carbonyl (C=O) groups excluding carboxylic acids is 2. The number of nitrogens with two attached hydrogens (primary N) is 3. The van der Waals surface area contributed by atoms with E-state index in [2.05, 4.69) is 53.0 Å². The first-order chi connectivity index (χ1) is 43.4. The molecule has 2 aromatic heterocycles. The van der Waals surface area contributed by atoms with Crippen molar-refractivity contribution >= 4 is 50.7 Å². The van der Waals surface area contributed by atoms with Gasteiger partial charge in [-0.2, -0.15) is 8.42 Å². The Balaban J connectivity index is 0.963. The van der Waals surface area contributed by atoms with Crippen LogP contribution in [0.25, 0.3) is 23.1 Å². The van der Waals surface area contributed by atoms with Gasteiger partial charge in [-0.25, -0.2) is 9.36 Å². The van der Waals surface area contributed by atoms with Gasteiger partial charge in [0.1, 0.15) is 18.7 Å². The van der Waals surface area contributed by atoms with Crippen molar-refractivity contribution < 1.29 is 45.8 Å². The van der Waals surface area contributed by atoms with Crippen molar-refractivity contribution in [3.8, 4) is 0 Å². The van der Waals surface area contributed by atoms with Gasteiger partial charge in [-0.3, -0.25) is 14.1 Å². The fraction of sp³-hybridized carbons (Fsp3) is 0.722. The number of hydrogen-bond donors (Lipinski definition) is 4. The number of amides is 2. The highest BCUT2D eigenvalue weighted by atomic mass is 32.2. The van der Waals surface area contributed by atoms with Crippen LogP contribution < -0.4 is 32.3 Å². The number of benzene rings is 1. The van der Waals surface area contributed by atoms with E-state index in [-0.39, 0.29) is 76.5 Å². The van der Waals surface area contributed by atoms with Gasteiger partial charge in [0.25, 0.3) is 0 Å². The first kappa shape index (κ1) is 72.9. The van der Waals surface area contributed by atoms with Crippen LogP contribution in [0.2, 0.25) is 0 Å². The summed E-state index contributed by atoms with van der Waals surface area (Å²) in [5.74, 6) is 2.68. The lowest BCUT2D eigenvalue weighted by Gasteiger charge is -2.65. The van der Waals surface area contributed by atoms with E-state index in [1.807, 2.05) is 23.1 Å². The van der Waals surface area contributed by atoms with Gasteiger partial charge in [-0.1, -0.05) is 72.0 Å². The Kier molecular flexibility index (Phi) is 28.9. The maximum Gasteiger partial charge on any atom is 0.343 e. The molecule has 17 nitrogen and oxygen atoms in total. The van der Waals surface area contributed by atoms with Gasteiger partial charge in [0.2, 0.25) is 11.8 Å². The molecule has 0 bridgehead atoms. The monoisotopic (exact) mass is 1270 g/mol. The van der Waals surface area contributed by atoms with Crippen molar-refractivity contribution in [2.45, 2.75) is 213 Å². The summed E-state index contributed by atoms with van der Waals surface area (Å²) in [7, 11) is -4.64. The molecule has 4 fully saturated rings. The highest BCUT2D eigenvalue weighted by molar-refractivity contribution is 7.85. The molecule has 0 radical (unpaired) electrons. The van der Waals surface area contributed by atoms with Crippen molar-refractivity contribution in [3.63, 3.8) is 0 Å². The van der Waals surface area contributed by atoms with Crippen molar-refractivity contribution in [2.24, 2.45) is 63.5 Å². The van der Waals surface area contributed by atoms with Crippen LogP contribution in [0.4, 0.5) is 5.69 Å². The van der Waals surface area contributed by atoms with Crippen LogP contribution in [0, 0.1) is 46.3 Å². The van der Waals surface area contributed by atoms with Crippen molar-refractivity contribution in [2.75, 3.05) is 83.6 Å². The molecule has 0 saturated heterocycles. The number of unbranched alkanes of at least 4 members (excludes halogenated alkanes) is 7. The van der Waals surface area contributed by atoms with E-state index in [9.17, 15) is 27.4 Å². The largest absolute Gasteiger partial charge is 0.422 e. The fourth-order valence-electron chi connectivity index (χ4n) is 16.6. The summed E-state index contributed by atoms with van der Waals surface area (Å²) in [5, 5.41) is 0.724. The van der Waals surface area contributed by atoms with Gasteiger partial charge in [0.15, 0.2) is 17.3 Å². The van der Waals surface area contributed by atoms with Crippen LogP contribution in [0.15, 0.2) is 69.5 Å². The van der Waals surface area contributed by atoms with Gasteiger partial charge in [0, 0.05) is 99.6 Å². The Labute approximate surface area is 540 Å². The number of rotatable bonds is 40. The smallest absolute Gasteiger partial charge is 0.343 e. The fourth-order valence-corrected chi connectivity index (χ4v) is 17.3. The van der Waals surface area contributed by atoms with Crippen LogP contribution in [-0.4, -0.2) is 132 Å². The molecule has 4 aliphatic rings. The SMILES string of the molecule is C=CCN(CC(=O)N(CCCCCCCC)CCCC(C)C1CC[C@H]2C3[C@H](OCCCN)CC4C[C@H](OCCCN)CCC4(C)[C@H]3C[C@H](OCCCN)C12C)C(=O)CCCCC[n+]1ccc(/C=C/c2cc3ccc(N(CC)CC)cc3oc2=O)c(S(=O)(=O)O)c1. The molecular weight excluding hydrogens is 1150 g/mol. The Bertz CT molecular complexity index is 2940. The zero-order chi connectivity index (χ0) is 64.8. The van der Waals surface area contributed by atoms with E-state index in [0.29, 0.717) is 113 Å². The van der Waals surface area contributed by atoms with Gasteiger partial charge in [0.05, 0.1) is 23.9 Å². The molecule has 2 heterocycles. The van der Waals surface area contributed by atoms with E-state index in [1.165, 1.54) is 44.0 Å². The van der Waals surface area contributed by atoms with E-state index in [4.69, 9.17) is 35.8 Å². The molecule has 0 aliphatic heterocycles. The minimum Gasteiger partial charge on any atom is -0.422 e. The standard InChI is InChI=1S/C72H115N7O10S/c1-8-12-13-14-15-19-40-78(41-20-24-53(5)60-30-31-61-69-62(50-66(72(60,61)7)88-45-23-37-75)71(6)34-32-59(86-43-21-35-73)47-57(71)48-64(69)87-44-22-36-74)68(81)52-79(38-9-2)67(80)25-17-16-18-39-76-42-33-54(65(51-76)90(83,84)85)26-27-56-46-55-28-29-58(77(10-3)11-4)49-63(55)89-70(56)82/h9,26-29,33,42,46,49,51,53,57,59-62,64,66,69H,2,8,10-25,30-32,34-41,43-45,47-48,50,52,73-75H2,1,3-7H3/p+1/t53?,57?,59-,60?,61+,62+,64-,66+,69?,71?,72?/m1/s1. The Hall–Kier alpha value is -4.53. The first-order valence-corrected chi connectivity index (χ1v) is 36.5. The summed E-state index contributed by atoms with van der Waals surface area (Å²) in [6.07, 6.45) is 29.4. The lowest BCUT2D eigenvalue weighted by atomic mass is 9.43. The Morgan fingerprint density at radius 3 is 2.19 bits per heavy atom. The average Bonchev–Trinajstić information content (AvgIpc) is 1.32. The van der Waals surface area contributed by atoms with Crippen LogP contribution >= 0.6 is 0 Å². The van der Waals surface area contributed by atoms with Crippen molar-refractivity contribution in [3.05, 3.63) is 76.9 Å². The second kappa shape index (κ2) is 35.7. The van der Waals surface area contributed by atoms with Gasteiger partial charge >= 0.3 is 15.7 Å². The first-order valence-electron chi connectivity index (χ1n) is 35.0. The van der Waals surface area contributed by atoms with Crippen LogP contribution in [0.5, 0.6) is 0 Å². The quantitative estimate of drug-likeness (QED) is 0.0136. The molecule has 18 heteroatoms. The number of fused-ring (bicyclic) bond motifs is 6. The minimum absolute atomic E-state index is 0.00212. The number of anilines is 1. The topological polar surface area (TPSA) is 238 Å². The zero-order valence-corrected chi connectivity index (χ0v) is 56.8. The molecule has 504 valence electrons. The molecule has 4 saturated carbocycles. The van der Waals surface area contributed by atoms with Gasteiger partial charge in [-0.15, -0.1) is 6.58 Å². The molecule has 3 aromatic rings. The Morgan fingerprint density at radius 1 is 0.789 bits per heavy atom. The highest BCUT2D eigenvalue weighted by Gasteiger charge is 2.66. The third-order valence-corrected chi connectivity index (χ3v) is 22.6. The normalized spacial score (nSPS) is 25.2.